The van der Waals surface area contributed by atoms with Crippen molar-refractivity contribution in [1.82, 2.24) is 44.3 Å². The first kappa shape index (κ1) is 84.6. The molecule has 6 aromatic carbocycles. The van der Waals surface area contributed by atoms with Crippen LogP contribution in [0.1, 0.15) is 157 Å². The van der Waals surface area contributed by atoms with Gasteiger partial charge < -0.3 is 45.0 Å². The van der Waals surface area contributed by atoms with E-state index in [2.05, 4.69) is 39.7 Å². The number of fused-ring (bicyclic) bond motifs is 3. The SMILES string of the molecule is C.COC(=O)c1ccc(-c2nn(C(=O)c3c(C)cccc3Cl)c3cc(C(=O)C4CC4)cnc23)c(F)c1.COC(=O)c1ccc(-c2nn(C(=O)c3c(C)cccc3Cl)c3cc(C(O)C4CC4)cnc23)c(F)c1.Cc1cccc(Cl)c1C(=O)n1nc(-c2ccc(C(=O)O)cc2F)c2ncc(C(=O)C3CC3)cc21.[Li+].[OH-].[PH-2].[PH2-]. The Labute approximate surface area is 654 Å². The smallest absolute Gasteiger partial charge is 1.00 e. The summed E-state index contributed by atoms with van der Waals surface area (Å²) in [6.07, 6.45) is 8.70. The molecule has 0 radical (unpaired) electrons. The molecule has 12 aromatic rings. The third-order valence-electron chi connectivity index (χ3n) is 18.1. The maximum absolute atomic E-state index is 15.1. The Morgan fingerprint density at radius 2 is 0.798 bits per heavy atom. The van der Waals surface area contributed by atoms with Gasteiger partial charge in [0.05, 0.1) is 85.3 Å². The van der Waals surface area contributed by atoms with Gasteiger partial charge in [-0.3, -0.25) is 38.9 Å². The van der Waals surface area contributed by atoms with Crippen LogP contribution in [0.3, 0.4) is 0 Å². The number of aliphatic hydroxyl groups is 1. The van der Waals surface area contributed by atoms with Crippen molar-refractivity contribution >= 4 is 135 Å². The summed E-state index contributed by atoms with van der Waals surface area (Å²) in [5.74, 6) is -6.58. The molecule has 1 unspecified atom stereocenters. The van der Waals surface area contributed by atoms with E-state index in [-0.39, 0.29) is 191 Å². The summed E-state index contributed by atoms with van der Waals surface area (Å²) in [5.41, 5.74) is 5.62. The number of carboxylic acid groups (broad SMARTS) is 1. The molecule has 3 aliphatic carbocycles. The van der Waals surface area contributed by atoms with Crippen LogP contribution in [0.15, 0.2) is 146 Å². The maximum Gasteiger partial charge on any atom is 1.00 e. The minimum absolute atomic E-state index is 0. The van der Waals surface area contributed by atoms with Gasteiger partial charge in [-0.2, -0.15) is 29.3 Å². The van der Waals surface area contributed by atoms with E-state index >= 15 is 8.78 Å². The number of hydrogen-bond acceptors (Lipinski definition) is 18. The first-order valence-corrected chi connectivity index (χ1v) is 33.6. The minimum Gasteiger partial charge on any atom is -1.51 e. The van der Waals surface area contributed by atoms with Crippen LogP contribution in [0.25, 0.3) is 66.9 Å². The Morgan fingerprint density at radius 1 is 0.477 bits per heavy atom. The second-order valence-electron chi connectivity index (χ2n) is 25.2. The number of ketones is 2. The normalized spacial score (nSPS) is 12.9. The third-order valence-corrected chi connectivity index (χ3v) is 19.0. The van der Waals surface area contributed by atoms with Crippen molar-refractivity contribution in [2.45, 2.75) is 72.8 Å². The van der Waals surface area contributed by atoms with E-state index < -0.39 is 59.2 Å². The van der Waals surface area contributed by atoms with Crippen LogP contribution in [0, 0.1) is 56.0 Å². The number of benzene rings is 6. The summed E-state index contributed by atoms with van der Waals surface area (Å²) in [6.45, 7) is 5.24. The molecule has 1 atom stereocenters. The predicted octanol–water partition coefficient (Wildman–Crippen LogP) is 13.9. The number of aromatic carboxylic acids is 1. The molecule has 0 aliphatic heterocycles. The van der Waals surface area contributed by atoms with Crippen molar-refractivity contribution in [3.8, 4) is 33.8 Å². The van der Waals surface area contributed by atoms with Crippen LogP contribution in [0.4, 0.5) is 13.2 Å². The first-order chi connectivity index (χ1) is 49.8. The number of carbonyl (C=O) groups is 8. The molecule has 0 spiro atoms. The number of carboxylic acids is 1. The molecule has 0 bridgehead atoms. The largest absolute Gasteiger partial charge is 1.51 e. The molecule has 556 valence electrons. The predicted molar refractivity (Wildman–Crippen MR) is 405 cm³/mol. The zero-order valence-electron chi connectivity index (χ0n) is 58.2. The molecule has 31 heteroatoms. The van der Waals surface area contributed by atoms with Crippen LogP contribution in [-0.2, 0) is 9.47 Å². The molecule has 3 fully saturated rings. The number of aliphatic hydroxyl groups excluding tert-OH is 1. The zero-order chi connectivity index (χ0) is 73.9. The van der Waals surface area contributed by atoms with Gasteiger partial charge in [0, 0.05) is 63.8 Å². The topological polar surface area (TPSA) is 318 Å². The molecular formula is C78H65Cl3F3LiN9O13P2-3. The number of aromatic nitrogens is 9. The standard InChI is InChI=1S/C26H21ClFN3O4.C26H19ClFN3O4.C25H17ClFN3O4.CH4.Li.H2O.H2P.HP/c2*1-13-4-3-5-18(27)21(13)25(33)31-20-11-16(24(32)14-6-7-14)12-29-23(20)22(30-31)17-9-8-15(10-19(17)28)26(34)35-2;1-12-3-2-4-17(26)20(12)24(32)30-19-10-15(23(31)13-5-6-13)11-28-22(19)21(29-30)16-8-7-14(25(33)34)9-18(16)27;;;;;/h3-5,8-12,14,24,32H,6-7H2,1-2H3;3-5,8-12,14H,6-7H2,1-2H3;2-4,7-11,13H,5-6H2,1H3,(H,33,34);1H4;;2*1H2;1H/q;;;;+1;;-1;-2/p-1. The number of methoxy groups -OCH3 is 2. The fraction of sp³-hybridized carbons (Fsp3) is 0.205. The molecule has 15 rings (SSSR count). The van der Waals surface area contributed by atoms with E-state index in [0.717, 1.165) is 70.8 Å². The molecule has 3 aliphatic rings. The average Bonchev–Trinajstić information content (AvgIpc) is 1.61. The van der Waals surface area contributed by atoms with Gasteiger partial charge in [0.25, 0.3) is 17.7 Å². The number of rotatable bonds is 15. The quantitative estimate of drug-likeness (QED) is 0.0417. The average molecular weight is 1570 g/mol. The van der Waals surface area contributed by atoms with Gasteiger partial charge in [-0.05, 0) is 173 Å². The number of Topliss-reactive ketones (excluding diaryl/α,β-unsaturated/α-hetero) is 2. The molecule has 0 amide bonds. The van der Waals surface area contributed by atoms with Crippen LogP contribution in [0.5, 0.6) is 0 Å². The van der Waals surface area contributed by atoms with Gasteiger partial charge in [-0.1, -0.05) is 78.6 Å². The maximum atomic E-state index is 15.1. The molecule has 0 saturated heterocycles. The molecule has 109 heavy (non-hydrogen) atoms. The second kappa shape index (κ2) is 34.7. The number of carbonyl (C=O) groups excluding carboxylic acids is 7. The Balaban J connectivity index is 0.000000201. The molecule has 6 heterocycles. The second-order valence-corrected chi connectivity index (χ2v) is 26.5. The number of esters is 2. The van der Waals surface area contributed by atoms with E-state index in [1.165, 1.54) is 75.3 Å². The Hall–Kier alpha value is -10.0. The first-order valence-electron chi connectivity index (χ1n) is 32.5. The number of ether oxygens (including phenoxy) is 2. The van der Waals surface area contributed by atoms with Gasteiger partial charge in [-0.15, -0.1) is 0 Å². The van der Waals surface area contributed by atoms with E-state index in [4.69, 9.17) is 39.9 Å². The van der Waals surface area contributed by atoms with Crippen molar-refractivity contribution in [2.24, 2.45) is 17.8 Å². The number of pyridine rings is 3. The van der Waals surface area contributed by atoms with Gasteiger partial charge in [-0.25, -0.2) is 27.6 Å². The van der Waals surface area contributed by atoms with Crippen LogP contribution >= 0.6 is 54.6 Å². The third kappa shape index (κ3) is 16.9. The van der Waals surface area contributed by atoms with Gasteiger partial charge in [0.2, 0.25) is 0 Å². The van der Waals surface area contributed by atoms with Crippen molar-refractivity contribution in [3.05, 3.63) is 245 Å². The molecular weight excluding hydrogens is 1500 g/mol. The van der Waals surface area contributed by atoms with Crippen LogP contribution in [0.2, 0.25) is 15.1 Å². The van der Waals surface area contributed by atoms with Crippen molar-refractivity contribution in [1.29, 1.82) is 0 Å². The monoisotopic (exact) mass is 1570 g/mol. The number of hydrogen-bond donors (Lipinski definition) is 2. The molecule has 3 saturated carbocycles. The number of aryl methyl sites for hydroxylation is 3. The fourth-order valence-electron chi connectivity index (χ4n) is 12.1. The summed E-state index contributed by atoms with van der Waals surface area (Å²) in [6, 6.07) is 31.1. The number of nitrogens with zero attached hydrogens (tertiary/aromatic N) is 9. The summed E-state index contributed by atoms with van der Waals surface area (Å²) in [5, 5.41) is 33.7. The minimum atomic E-state index is -1.27. The molecule has 22 nitrogen and oxygen atoms in total. The van der Waals surface area contributed by atoms with Crippen molar-refractivity contribution < 1.29 is 95.6 Å². The van der Waals surface area contributed by atoms with Gasteiger partial charge in [0.1, 0.15) is 51.1 Å². The van der Waals surface area contributed by atoms with Crippen molar-refractivity contribution in [2.75, 3.05) is 14.2 Å². The summed E-state index contributed by atoms with van der Waals surface area (Å²) >= 11 is 19.0. The van der Waals surface area contributed by atoms with Gasteiger partial charge in [0.15, 0.2) is 11.6 Å². The number of halogens is 6. The Bertz CT molecular complexity index is 5610. The van der Waals surface area contributed by atoms with Gasteiger partial charge >= 0.3 is 36.8 Å². The Kier molecular flexibility index (Phi) is 26.9. The van der Waals surface area contributed by atoms with E-state index in [0.29, 0.717) is 38.9 Å². The fourth-order valence-corrected chi connectivity index (χ4v) is 13.0. The van der Waals surface area contributed by atoms with E-state index in [1.54, 1.807) is 87.5 Å². The molecule has 6 aromatic heterocycles. The summed E-state index contributed by atoms with van der Waals surface area (Å²) in [4.78, 5) is 114. The molecule has 3 N–H and O–H groups in total. The van der Waals surface area contributed by atoms with E-state index in [9.17, 15) is 47.9 Å². The van der Waals surface area contributed by atoms with Crippen LogP contribution in [-0.4, -0.2) is 121 Å². The summed E-state index contributed by atoms with van der Waals surface area (Å²) in [7, 11) is 2.42. The zero-order valence-corrected chi connectivity index (χ0v) is 62.6. The summed E-state index contributed by atoms with van der Waals surface area (Å²) < 4.78 is 57.7. The van der Waals surface area contributed by atoms with Crippen molar-refractivity contribution in [3.63, 3.8) is 0 Å². The Morgan fingerprint density at radius 3 is 1.10 bits per heavy atom. The van der Waals surface area contributed by atoms with E-state index in [1.807, 2.05) is 0 Å². The van der Waals surface area contributed by atoms with Crippen LogP contribution < -0.4 is 18.9 Å².